The molecule has 5 heteroatoms. The van der Waals surface area contributed by atoms with Crippen molar-refractivity contribution < 1.29 is 14.6 Å². The third-order valence-corrected chi connectivity index (χ3v) is 5.45. The molecule has 2 unspecified atom stereocenters. The van der Waals surface area contributed by atoms with Crippen LogP contribution in [0.3, 0.4) is 0 Å². The molecule has 2 aromatic carbocycles. The highest BCUT2D eigenvalue weighted by molar-refractivity contribution is 5.68. The van der Waals surface area contributed by atoms with E-state index < -0.39 is 5.97 Å². The summed E-state index contributed by atoms with van der Waals surface area (Å²) in [5, 5.41) is 13.8. The molecule has 5 nitrogen and oxygen atoms in total. The lowest BCUT2D eigenvalue weighted by Gasteiger charge is -2.21. The van der Waals surface area contributed by atoms with Crippen LogP contribution >= 0.6 is 0 Å². The van der Waals surface area contributed by atoms with Crippen molar-refractivity contribution in [3.05, 3.63) is 90.7 Å². The van der Waals surface area contributed by atoms with Gasteiger partial charge in [-0.15, -0.1) is 0 Å². The van der Waals surface area contributed by atoms with Gasteiger partial charge in [-0.25, -0.2) is 4.68 Å². The van der Waals surface area contributed by atoms with E-state index in [9.17, 15) is 4.79 Å². The summed E-state index contributed by atoms with van der Waals surface area (Å²) in [5.74, 6) is 0.478. The predicted octanol–water partition coefficient (Wildman–Crippen LogP) is 5.63. The predicted molar refractivity (Wildman–Crippen MR) is 122 cm³/mol. The van der Waals surface area contributed by atoms with Gasteiger partial charge in [-0.3, -0.25) is 4.79 Å². The highest BCUT2D eigenvalue weighted by Crippen LogP contribution is 2.36. The molecule has 1 aliphatic carbocycles. The van der Waals surface area contributed by atoms with Crippen molar-refractivity contribution in [3.63, 3.8) is 0 Å². The van der Waals surface area contributed by atoms with Crippen LogP contribution in [0.2, 0.25) is 0 Å². The first-order valence-corrected chi connectivity index (χ1v) is 10.6. The van der Waals surface area contributed by atoms with Crippen molar-refractivity contribution in [2.45, 2.75) is 25.7 Å². The molecule has 0 amide bonds. The van der Waals surface area contributed by atoms with Gasteiger partial charge < -0.3 is 9.84 Å². The Labute approximate surface area is 182 Å². The molecule has 0 bridgehead atoms. The smallest absolute Gasteiger partial charge is 0.303 e. The molecule has 1 N–H and O–H groups in total. The third kappa shape index (κ3) is 4.77. The minimum absolute atomic E-state index is 0.0916. The van der Waals surface area contributed by atoms with Gasteiger partial charge in [-0.1, -0.05) is 61.6 Å². The Bertz CT molecular complexity index is 1100. The number of carbonyl (C=O) groups is 1. The van der Waals surface area contributed by atoms with E-state index >= 15 is 0 Å². The lowest BCUT2D eigenvalue weighted by atomic mass is 9.87. The number of hydrogen-bond acceptors (Lipinski definition) is 3. The lowest BCUT2D eigenvalue weighted by Crippen LogP contribution is -2.12. The van der Waals surface area contributed by atoms with Crippen LogP contribution in [0.25, 0.3) is 16.9 Å². The standard InChI is InChI=1S/C26H26N2O3/c1-19-10-5-6-13-21(19)24-18-23(27-28(24)20-11-3-2-4-12-20)22-14-7-8-15-25(22)31-17-9-16-26(29)30/h2-8,10-15,18-19,21H,9,16-17H2,1H3,(H,29,30). The molecule has 158 valence electrons. The van der Waals surface area contributed by atoms with Gasteiger partial charge in [-0.05, 0) is 42.7 Å². The van der Waals surface area contributed by atoms with Crippen LogP contribution in [-0.4, -0.2) is 27.5 Å². The number of carboxylic acids is 1. The fraction of sp³-hybridized carbons (Fsp3) is 0.231. The number of aliphatic carboxylic acids is 1. The summed E-state index contributed by atoms with van der Waals surface area (Å²) in [7, 11) is 0. The van der Waals surface area contributed by atoms with Gasteiger partial charge in [0.05, 0.1) is 23.7 Å². The average Bonchev–Trinajstić information content (AvgIpc) is 3.23. The Hall–Kier alpha value is -3.60. The molecule has 1 heterocycles. The SMILES string of the molecule is CC1C=CC=CC1c1cc(-c2ccccc2OCCCC(=O)O)nn1-c1ccccc1. The van der Waals surface area contributed by atoms with Crippen LogP contribution in [-0.2, 0) is 4.79 Å². The molecule has 3 aromatic rings. The van der Waals surface area contributed by atoms with Crippen LogP contribution in [0, 0.1) is 5.92 Å². The Morgan fingerprint density at radius 3 is 2.58 bits per heavy atom. The van der Waals surface area contributed by atoms with E-state index in [-0.39, 0.29) is 12.3 Å². The number of rotatable bonds is 8. The number of nitrogens with zero attached hydrogens (tertiary/aromatic N) is 2. The molecule has 0 spiro atoms. The first-order chi connectivity index (χ1) is 15.1. The van der Waals surface area contributed by atoms with Crippen molar-refractivity contribution in [3.8, 4) is 22.7 Å². The molecule has 1 aliphatic rings. The minimum atomic E-state index is -0.813. The summed E-state index contributed by atoms with van der Waals surface area (Å²) in [6.45, 7) is 2.56. The largest absolute Gasteiger partial charge is 0.493 e. The maximum Gasteiger partial charge on any atom is 0.303 e. The number of hydrogen-bond donors (Lipinski definition) is 1. The third-order valence-electron chi connectivity index (χ3n) is 5.45. The molecule has 0 aliphatic heterocycles. The zero-order valence-corrected chi connectivity index (χ0v) is 17.5. The zero-order valence-electron chi connectivity index (χ0n) is 17.5. The summed E-state index contributed by atoms with van der Waals surface area (Å²) < 4.78 is 7.94. The minimum Gasteiger partial charge on any atom is -0.493 e. The maximum absolute atomic E-state index is 10.8. The second kappa shape index (κ2) is 9.47. The Balaban J connectivity index is 1.71. The summed E-state index contributed by atoms with van der Waals surface area (Å²) in [6.07, 6.45) is 9.17. The number of carboxylic acid groups (broad SMARTS) is 1. The van der Waals surface area contributed by atoms with Crippen molar-refractivity contribution in [2.75, 3.05) is 6.61 Å². The fourth-order valence-electron chi connectivity index (χ4n) is 3.84. The fourth-order valence-corrected chi connectivity index (χ4v) is 3.84. The van der Waals surface area contributed by atoms with Crippen LogP contribution in [0.4, 0.5) is 0 Å². The summed E-state index contributed by atoms with van der Waals surface area (Å²) >= 11 is 0. The zero-order chi connectivity index (χ0) is 21.6. The van der Waals surface area contributed by atoms with E-state index in [2.05, 4.69) is 49.4 Å². The highest BCUT2D eigenvalue weighted by atomic mass is 16.5. The molecule has 0 radical (unpaired) electrons. The monoisotopic (exact) mass is 414 g/mol. The topological polar surface area (TPSA) is 64.3 Å². The summed E-state index contributed by atoms with van der Waals surface area (Å²) in [6, 6.07) is 20.1. The van der Waals surface area contributed by atoms with Crippen LogP contribution in [0.5, 0.6) is 5.75 Å². The van der Waals surface area contributed by atoms with Crippen LogP contribution in [0.1, 0.15) is 31.4 Å². The van der Waals surface area contributed by atoms with Gasteiger partial charge in [0.1, 0.15) is 5.75 Å². The number of para-hydroxylation sites is 2. The van der Waals surface area contributed by atoms with Gasteiger partial charge in [0.25, 0.3) is 0 Å². The normalized spacial score (nSPS) is 17.6. The second-order valence-electron chi connectivity index (χ2n) is 7.70. The maximum atomic E-state index is 10.8. The average molecular weight is 415 g/mol. The molecule has 1 aromatic heterocycles. The van der Waals surface area contributed by atoms with E-state index in [1.54, 1.807) is 0 Å². The van der Waals surface area contributed by atoms with Gasteiger partial charge in [0.2, 0.25) is 0 Å². The van der Waals surface area contributed by atoms with Gasteiger partial charge >= 0.3 is 5.97 Å². The Morgan fingerprint density at radius 1 is 1.06 bits per heavy atom. The molecule has 4 rings (SSSR count). The highest BCUT2D eigenvalue weighted by Gasteiger charge is 2.24. The van der Waals surface area contributed by atoms with Crippen molar-refractivity contribution in [1.29, 1.82) is 0 Å². The Morgan fingerprint density at radius 2 is 1.81 bits per heavy atom. The second-order valence-corrected chi connectivity index (χ2v) is 7.70. The number of ether oxygens (including phenoxy) is 1. The van der Waals surface area contributed by atoms with E-state index in [1.165, 1.54) is 0 Å². The Kier molecular flexibility index (Phi) is 6.32. The molecule has 2 atom stereocenters. The van der Waals surface area contributed by atoms with E-state index in [1.807, 2.05) is 47.1 Å². The van der Waals surface area contributed by atoms with Gasteiger partial charge in [-0.2, -0.15) is 5.10 Å². The molecule has 0 saturated heterocycles. The van der Waals surface area contributed by atoms with Crippen LogP contribution in [0.15, 0.2) is 85.0 Å². The van der Waals surface area contributed by atoms with Gasteiger partial charge in [0.15, 0.2) is 0 Å². The van der Waals surface area contributed by atoms with Gasteiger partial charge in [0, 0.05) is 17.9 Å². The summed E-state index contributed by atoms with van der Waals surface area (Å²) in [5.41, 5.74) is 3.87. The first kappa shape index (κ1) is 20.7. The van der Waals surface area contributed by atoms with Crippen molar-refractivity contribution in [2.24, 2.45) is 5.92 Å². The quantitative estimate of drug-likeness (QED) is 0.485. The summed E-state index contributed by atoms with van der Waals surface area (Å²) in [4.78, 5) is 10.8. The molecule has 31 heavy (non-hydrogen) atoms. The molecular weight excluding hydrogens is 388 g/mol. The van der Waals surface area contributed by atoms with E-state index in [4.69, 9.17) is 14.9 Å². The molecule has 0 fully saturated rings. The molecule has 0 saturated carbocycles. The van der Waals surface area contributed by atoms with Crippen molar-refractivity contribution in [1.82, 2.24) is 9.78 Å². The lowest BCUT2D eigenvalue weighted by molar-refractivity contribution is -0.137. The van der Waals surface area contributed by atoms with E-state index in [0.29, 0.717) is 24.7 Å². The van der Waals surface area contributed by atoms with E-state index in [0.717, 1.165) is 22.6 Å². The number of aromatic nitrogens is 2. The van der Waals surface area contributed by atoms with Crippen LogP contribution < -0.4 is 4.74 Å². The number of allylic oxidation sites excluding steroid dienone is 4. The molecular formula is C26H26N2O3. The first-order valence-electron chi connectivity index (χ1n) is 10.6. The number of benzene rings is 2. The van der Waals surface area contributed by atoms with Crippen molar-refractivity contribution >= 4 is 5.97 Å².